The zero-order valence-corrected chi connectivity index (χ0v) is 12.3. The molecule has 0 saturated heterocycles. The average molecular weight is 265 g/mol. The van der Waals surface area contributed by atoms with E-state index in [0.29, 0.717) is 6.61 Å². The van der Waals surface area contributed by atoms with Crippen LogP contribution in [0.4, 0.5) is 0 Å². The van der Waals surface area contributed by atoms with E-state index in [1.54, 1.807) is 7.11 Å². The fourth-order valence-electron chi connectivity index (χ4n) is 1.94. The van der Waals surface area contributed by atoms with Crippen molar-refractivity contribution in [2.45, 2.75) is 39.2 Å². The average Bonchev–Trinajstić information content (AvgIpc) is 2.46. The zero-order valence-electron chi connectivity index (χ0n) is 12.3. The van der Waals surface area contributed by atoms with E-state index >= 15 is 0 Å². The summed E-state index contributed by atoms with van der Waals surface area (Å²) >= 11 is 0. The monoisotopic (exact) mass is 265 g/mol. The second-order valence-electron chi connectivity index (χ2n) is 4.67. The maximum atomic E-state index is 5.68. The highest BCUT2D eigenvalue weighted by molar-refractivity contribution is 5.27. The molecule has 0 aliphatic heterocycles. The number of hydrogen-bond acceptors (Lipinski definition) is 3. The minimum Gasteiger partial charge on any atom is -0.497 e. The van der Waals surface area contributed by atoms with E-state index in [1.807, 2.05) is 18.2 Å². The van der Waals surface area contributed by atoms with Crippen LogP contribution in [-0.2, 0) is 11.3 Å². The van der Waals surface area contributed by atoms with E-state index < -0.39 is 0 Å². The molecule has 0 spiro atoms. The summed E-state index contributed by atoms with van der Waals surface area (Å²) < 4.78 is 10.9. The maximum Gasteiger partial charge on any atom is 0.119 e. The molecule has 0 radical (unpaired) electrons. The van der Waals surface area contributed by atoms with Gasteiger partial charge in [0, 0.05) is 6.61 Å². The van der Waals surface area contributed by atoms with Crippen LogP contribution >= 0.6 is 0 Å². The van der Waals surface area contributed by atoms with E-state index in [-0.39, 0.29) is 0 Å². The summed E-state index contributed by atoms with van der Waals surface area (Å²) in [5.41, 5.74) is 1.17. The summed E-state index contributed by atoms with van der Waals surface area (Å²) in [4.78, 5) is 0. The van der Waals surface area contributed by atoms with E-state index in [1.165, 1.54) is 24.8 Å². The highest BCUT2D eigenvalue weighted by atomic mass is 16.5. The van der Waals surface area contributed by atoms with Gasteiger partial charge in [0.05, 0.1) is 13.7 Å². The molecule has 0 unspecified atom stereocenters. The third kappa shape index (κ3) is 7.85. The third-order valence-corrected chi connectivity index (χ3v) is 3.05. The van der Waals surface area contributed by atoms with E-state index in [9.17, 15) is 0 Å². The molecule has 0 saturated carbocycles. The quantitative estimate of drug-likeness (QED) is 0.622. The van der Waals surface area contributed by atoms with E-state index in [2.05, 4.69) is 18.3 Å². The highest BCUT2D eigenvalue weighted by Gasteiger charge is 1.96. The SMILES string of the molecule is CCNCCCCCCOCc1cccc(OC)c1. The van der Waals surface area contributed by atoms with Gasteiger partial charge in [0.2, 0.25) is 0 Å². The molecule has 1 rings (SSSR count). The standard InChI is InChI=1S/C16H27NO2/c1-3-17-11-6-4-5-7-12-19-14-15-9-8-10-16(13-15)18-2/h8-10,13,17H,3-7,11-12,14H2,1-2H3. The Hall–Kier alpha value is -1.06. The van der Waals surface area contributed by atoms with Crippen LogP contribution in [-0.4, -0.2) is 26.8 Å². The molecular formula is C16H27NO2. The van der Waals surface area contributed by atoms with Gasteiger partial charge in [-0.1, -0.05) is 31.9 Å². The predicted octanol–water partition coefficient (Wildman–Crippen LogP) is 3.38. The number of hydrogen-bond donors (Lipinski definition) is 1. The molecule has 0 aliphatic carbocycles. The molecule has 0 aliphatic rings. The van der Waals surface area contributed by atoms with Crippen molar-refractivity contribution in [1.29, 1.82) is 0 Å². The van der Waals surface area contributed by atoms with Gasteiger partial charge in [0.25, 0.3) is 0 Å². The summed E-state index contributed by atoms with van der Waals surface area (Å²) in [6.07, 6.45) is 4.96. The van der Waals surface area contributed by atoms with Gasteiger partial charge in [0.1, 0.15) is 5.75 Å². The van der Waals surface area contributed by atoms with Crippen LogP contribution in [0.3, 0.4) is 0 Å². The van der Waals surface area contributed by atoms with Crippen molar-refractivity contribution in [2.75, 3.05) is 26.8 Å². The van der Waals surface area contributed by atoms with Crippen LogP contribution in [0.5, 0.6) is 5.75 Å². The number of benzene rings is 1. The first-order chi connectivity index (χ1) is 9.36. The normalized spacial score (nSPS) is 10.6. The molecule has 1 aromatic carbocycles. The second-order valence-corrected chi connectivity index (χ2v) is 4.67. The lowest BCUT2D eigenvalue weighted by molar-refractivity contribution is 0.116. The minimum atomic E-state index is 0.675. The first kappa shape index (κ1) is 16.0. The number of rotatable bonds is 11. The van der Waals surface area contributed by atoms with Crippen molar-refractivity contribution in [3.05, 3.63) is 29.8 Å². The Morgan fingerprint density at radius 1 is 1.11 bits per heavy atom. The van der Waals surface area contributed by atoms with Crippen molar-refractivity contribution < 1.29 is 9.47 Å². The topological polar surface area (TPSA) is 30.5 Å². The van der Waals surface area contributed by atoms with Gasteiger partial charge in [-0.2, -0.15) is 0 Å². The molecule has 0 amide bonds. The summed E-state index contributed by atoms with van der Waals surface area (Å²) in [7, 11) is 1.69. The molecule has 3 nitrogen and oxygen atoms in total. The molecule has 0 heterocycles. The van der Waals surface area contributed by atoms with Gasteiger partial charge in [-0.3, -0.25) is 0 Å². The number of methoxy groups -OCH3 is 1. The Labute approximate surface area is 117 Å². The third-order valence-electron chi connectivity index (χ3n) is 3.05. The van der Waals surface area contributed by atoms with Crippen molar-refractivity contribution in [1.82, 2.24) is 5.32 Å². The molecule has 1 aromatic rings. The zero-order chi connectivity index (χ0) is 13.8. The summed E-state index contributed by atoms with van der Waals surface area (Å²) in [6, 6.07) is 8.04. The first-order valence-electron chi connectivity index (χ1n) is 7.28. The number of ether oxygens (including phenoxy) is 2. The minimum absolute atomic E-state index is 0.675. The van der Waals surface area contributed by atoms with Gasteiger partial charge >= 0.3 is 0 Å². The molecule has 0 atom stereocenters. The van der Waals surface area contributed by atoms with E-state index in [0.717, 1.165) is 31.9 Å². The summed E-state index contributed by atoms with van der Waals surface area (Å²) in [5.74, 6) is 0.893. The van der Waals surface area contributed by atoms with Crippen molar-refractivity contribution in [3.63, 3.8) is 0 Å². The second kappa shape index (κ2) is 10.8. The molecule has 0 aromatic heterocycles. The summed E-state index contributed by atoms with van der Waals surface area (Å²) in [5, 5.41) is 3.34. The smallest absolute Gasteiger partial charge is 0.119 e. The number of unbranched alkanes of at least 4 members (excludes halogenated alkanes) is 3. The maximum absolute atomic E-state index is 5.68. The predicted molar refractivity (Wildman–Crippen MR) is 79.7 cm³/mol. The Balaban J connectivity index is 1.98. The van der Waals surface area contributed by atoms with Crippen molar-refractivity contribution in [3.8, 4) is 5.75 Å². The van der Waals surface area contributed by atoms with Gasteiger partial charge in [-0.15, -0.1) is 0 Å². The fourth-order valence-corrected chi connectivity index (χ4v) is 1.94. The van der Waals surface area contributed by atoms with Crippen LogP contribution < -0.4 is 10.1 Å². The molecule has 0 bridgehead atoms. The largest absolute Gasteiger partial charge is 0.497 e. The van der Waals surface area contributed by atoms with Gasteiger partial charge in [-0.05, 0) is 43.6 Å². The van der Waals surface area contributed by atoms with Crippen LogP contribution in [0.2, 0.25) is 0 Å². The van der Waals surface area contributed by atoms with Crippen LogP contribution in [0.1, 0.15) is 38.2 Å². The highest BCUT2D eigenvalue weighted by Crippen LogP contribution is 2.13. The van der Waals surface area contributed by atoms with Crippen LogP contribution in [0.15, 0.2) is 24.3 Å². The Morgan fingerprint density at radius 2 is 1.95 bits per heavy atom. The number of nitrogens with one attached hydrogen (secondary N) is 1. The van der Waals surface area contributed by atoms with Gasteiger partial charge in [0.15, 0.2) is 0 Å². The molecule has 3 heteroatoms. The summed E-state index contributed by atoms with van der Waals surface area (Å²) in [6.45, 7) is 5.88. The Morgan fingerprint density at radius 3 is 2.74 bits per heavy atom. The van der Waals surface area contributed by atoms with Crippen LogP contribution in [0, 0.1) is 0 Å². The van der Waals surface area contributed by atoms with Crippen LogP contribution in [0.25, 0.3) is 0 Å². The Kier molecular flexibility index (Phi) is 9.11. The van der Waals surface area contributed by atoms with E-state index in [4.69, 9.17) is 9.47 Å². The lowest BCUT2D eigenvalue weighted by Crippen LogP contribution is -2.13. The lowest BCUT2D eigenvalue weighted by Gasteiger charge is -2.06. The molecule has 1 N–H and O–H groups in total. The fraction of sp³-hybridized carbons (Fsp3) is 0.625. The molecular weight excluding hydrogens is 238 g/mol. The molecule has 0 fully saturated rings. The molecule has 108 valence electrons. The first-order valence-corrected chi connectivity index (χ1v) is 7.28. The van der Waals surface area contributed by atoms with Gasteiger partial charge < -0.3 is 14.8 Å². The van der Waals surface area contributed by atoms with Crippen molar-refractivity contribution >= 4 is 0 Å². The molecule has 19 heavy (non-hydrogen) atoms. The van der Waals surface area contributed by atoms with Crippen molar-refractivity contribution in [2.24, 2.45) is 0 Å². The van der Waals surface area contributed by atoms with Gasteiger partial charge in [-0.25, -0.2) is 0 Å². The lowest BCUT2D eigenvalue weighted by atomic mass is 10.2. The Bertz CT molecular complexity index is 328.